The number of rotatable bonds is 6. The van der Waals surface area contributed by atoms with Gasteiger partial charge in [0, 0.05) is 24.8 Å². The number of fused-ring (bicyclic) bond motifs is 1. The highest BCUT2D eigenvalue weighted by Crippen LogP contribution is 2.39. The first kappa shape index (κ1) is 29.1. The highest BCUT2D eigenvalue weighted by Gasteiger charge is 2.35. The second kappa shape index (κ2) is 11.8. The van der Waals surface area contributed by atoms with Gasteiger partial charge in [0.25, 0.3) is 5.91 Å². The summed E-state index contributed by atoms with van der Waals surface area (Å²) in [6.07, 6.45) is 7.66. The van der Waals surface area contributed by atoms with Crippen molar-refractivity contribution in [3.05, 3.63) is 47.3 Å². The highest BCUT2D eigenvalue weighted by molar-refractivity contribution is 5.92. The predicted octanol–water partition coefficient (Wildman–Crippen LogP) is 6.68. The molecule has 1 aliphatic carbocycles. The zero-order chi connectivity index (χ0) is 29.3. The lowest BCUT2D eigenvalue weighted by molar-refractivity contribution is 0.00916. The standard InChI is InChI=1S/C31H43FN6O3/c1-6-38-24(16-17-33-38)29(39)36-26(20-12-10-19(2)11-13-20)28-34-22-15-14-21(25(32)27(22)35-28)23-9-7-8-18-37(23)30(40)41-31(3,4)5/h14-17,19-20,23,26H,6-13,18H2,1-5H3,(H,34,35)(H,36,39)/t19-,20-,23?,26-/m0/s1. The van der Waals surface area contributed by atoms with Crippen molar-refractivity contribution in [3.63, 3.8) is 0 Å². The van der Waals surface area contributed by atoms with Crippen LogP contribution in [0.1, 0.15) is 114 Å². The van der Waals surface area contributed by atoms with Gasteiger partial charge >= 0.3 is 6.09 Å². The van der Waals surface area contributed by atoms with Gasteiger partial charge in [-0.15, -0.1) is 0 Å². The molecule has 1 saturated heterocycles. The van der Waals surface area contributed by atoms with E-state index in [9.17, 15) is 9.59 Å². The SMILES string of the molecule is CCn1nccc1C(=O)N[C@H](c1nc2c(F)c(C3CCCCN3C(=O)OC(C)(C)C)ccc2[nH]1)[C@H]1CC[C@H](C)CC1. The summed E-state index contributed by atoms with van der Waals surface area (Å²) in [6.45, 7) is 10.8. The number of benzene rings is 1. The number of nitrogens with one attached hydrogen (secondary N) is 2. The Hall–Kier alpha value is -3.43. The molecule has 1 aromatic carbocycles. The molecule has 41 heavy (non-hydrogen) atoms. The number of aromatic nitrogens is 4. The molecule has 0 bridgehead atoms. The van der Waals surface area contributed by atoms with Crippen molar-refractivity contribution >= 4 is 23.0 Å². The Labute approximate surface area is 241 Å². The van der Waals surface area contributed by atoms with Crippen molar-refractivity contribution in [2.75, 3.05) is 6.54 Å². The number of ether oxygens (including phenoxy) is 1. The van der Waals surface area contributed by atoms with E-state index in [4.69, 9.17) is 9.72 Å². The maximum atomic E-state index is 16.2. The Bertz CT molecular complexity index is 1380. The molecule has 3 aromatic rings. The first-order valence-electron chi connectivity index (χ1n) is 15.1. The molecule has 2 fully saturated rings. The average molecular weight is 567 g/mol. The number of halogens is 1. The van der Waals surface area contributed by atoms with Crippen molar-refractivity contribution in [2.45, 2.75) is 104 Å². The zero-order valence-electron chi connectivity index (χ0n) is 24.9. The third kappa shape index (κ3) is 6.26. The number of carbonyl (C=O) groups excluding carboxylic acids is 2. The molecule has 0 radical (unpaired) electrons. The van der Waals surface area contributed by atoms with Gasteiger partial charge in [-0.25, -0.2) is 14.2 Å². The Morgan fingerprint density at radius 3 is 2.61 bits per heavy atom. The summed E-state index contributed by atoms with van der Waals surface area (Å²) in [6, 6.07) is 4.48. The molecule has 3 heterocycles. The van der Waals surface area contributed by atoms with Crippen LogP contribution in [-0.4, -0.2) is 48.8 Å². The van der Waals surface area contributed by atoms with Crippen LogP contribution in [0.5, 0.6) is 0 Å². The van der Waals surface area contributed by atoms with Crippen molar-refractivity contribution < 1.29 is 18.7 Å². The molecule has 9 nitrogen and oxygen atoms in total. The summed E-state index contributed by atoms with van der Waals surface area (Å²) >= 11 is 0. The second-order valence-corrected chi connectivity index (χ2v) is 12.7. The molecular formula is C31H43FN6O3. The van der Waals surface area contributed by atoms with Crippen LogP contribution >= 0.6 is 0 Å². The van der Waals surface area contributed by atoms with Gasteiger partial charge in [0.2, 0.25) is 0 Å². The summed E-state index contributed by atoms with van der Waals surface area (Å²) in [5, 5.41) is 7.45. The van der Waals surface area contributed by atoms with Gasteiger partial charge in [0.05, 0.1) is 17.6 Å². The number of likely N-dealkylation sites (tertiary alicyclic amines) is 1. The minimum atomic E-state index is -0.635. The number of nitrogens with zero attached hydrogens (tertiary/aromatic N) is 4. The van der Waals surface area contributed by atoms with Gasteiger partial charge in [-0.05, 0) is 83.8 Å². The average Bonchev–Trinajstić information content (AvgIpc) is 3.59. The summed E-state index contributed by atoms with van der Waals surface area (Å²) in [7, 11) is 0. The Morgan fingerprint density at radius 1 is 1.15 bits per heavy atom. The maximum Gasteiger partial charge on any atom is 0.410 e. The lowest BCUT2D eigenvalue weighted by Gasteiger charge is -2.37. The van der Waals surface area contributed by atoms with Gasteiger partial charge in [-0.3, -0.25) is 9.48 Å². The third-order valence-corrected chi connectivity index (χ3v) is 8.49. The number of imidazole rings is 1. The number of aromatic amines is 1. The van der Waals surface area contributed by atoms with Gasteiger partial charge in [0.1, 0.15) is 22.6 Å². The van der Waals surface area contributed by atoms with E-state index in [1.807, 2.05) is 33.8 Å². The molecule has 2 N–H and O–H groups in total. The molecule has 2 aromatic heterocycles. The molecule has 5 rings (SSSR count). The zero-order valence-corrected chi connectivity index (χ0v) is 24.9. The minimum Gasteiger partial charge on any atom is -0.444 e. The lowest BCUT2D eigenvalue weighted by Crippen LogP contribution is -2.42. The highest BCUT2D eigenvalue weighted by atomic mass is 19.1. The molecule has 222 valence electrons. The first-order valence-corrected chi connectivity index (χ1v) is 15.1. The number of hydrogen-bond acceptors (Lipinski definition) is 5. The topological polar surface area (TPSA) is 105 Å². The van der Waals surface area contributed by atoms with Crippen LogP contribution in [0.4, 0.5) is 9.18 Å². The number of hydrogen-bond donors (Lipinski definition) is 2. The van der Waals surface area contributed by atoms with E-state index in [2.05, 4.69) is 22.3 Å². The molecule has 2 aliphatic rings. The van der Waals surface area contributed by atoms with Crippen LogP contribution in [0.15, 0.2) is 24.4 Å². The number of amides is 2. The minimum absolute atomic E-state index is 0.178. The van der Waals surface area contributed by atoms with Crippen LogP contribution in [-0.2, 0) is 11.3 Å². The number of H-pyrrole nitrogens is 1. The number of aryl methyl sites for hydroxylation is 1. The summed E-state index contributed by atoms with van der Waals surface area (Å²) in [5.41, 5.74) is 1.10. The van der Waals surface area contributed by atoms with E-state index in [-0.39, 0.29) is 17.3 Å². The Morgan fingerprint density at radius 2 is 1.90 bits per heavy atom. The van der Waals surface area contributed by atoms with Crippen LogP contribution in [0.3, 0.4) is 0 Å². The van der Waals surface area contributed by atoms with Gasteiger partial charge in [0.15, 0.2) is 5.82 Å². The number of carbonyl (C=O) groups is 2. The van der Waals surface area contributed by atoms with E-state index in [0.717, 1.165) is 38.5 Å². The maximum absolute atomic E-state index is 16.2. The fraction of sp³-hybridized carbons (Fsp3) is 0.613. The molecule has 2 atom stereocenters. The van der Waals surface area contributed by atoms with Crippen LogP contribution < -0.4 is 5.32 Å². The summed E-state index contributed by atoms with van der Waals surface area (Å²) in [4.78, 5) is 36.1. The molecule has 1 unspecified atom stereocenters. The fourth-order valence-electron chi connectivity index (χ4n) is 6.30. The monoisotopic (exact) mass is 566 g/mol. The third-order valence-electron chi connectivity index (χ3n) is 8.49. The normalized spacial score (nSPS) is 22.5. The Balaban J connectivity index is 1.47. The molecular weight excluding hydrogens is 523 g/mol. The Kier molecular flexibility index (Phi) is 8.38. The molecule has 10 heteroatoms. The van der Waals surface area contributed by atoms with E-state index in [1.54, 1.807) is 27.9 Å². The smallest absolute Gasteiger partial charge is 0.410 e. The van der Waals surface area contributed by atoms with Crippen molar-refractivity contribution in [1.29, 1.82) is 0 Å². The molecule has 0 spiro atoms. The first-order chi connectivity index (χ1) is 19.6. The van der Waals surface area contributed by atoms with Gasteiger partial charge in [-0.1, -0.05) is 25.8 Å². The van der Waals surface area contributed by atoms with Crippen molar-refractivity contribution in [1.82, 2.24) is 30.0 Å². The number of piperidine rings is 1. The van der Waals surface area contributed by atoms with E-state index in [0.29, 0.717) is 48.0 Å². The fourth-order valence-corrected chi connectivity index (χ4v) is 6.30. The van der Waals surface area contributed by atoms with Crippen molar-refractivity contribution in [3.8, 4) is 0 Å². The van der Waals surface area contributed by atoms with Crippen molar-refractivity contribution in [2.24, 2.45) is 11.8 Å². The van der Waals surface area contributed by atoms with Crippen LogP contribution in [0.25, 0.3) is 11.0 Å². The van der Waals surface area contributed by atoms with Gasteiger partial charge < -0.3 is 19.9 Å². The summed E-state index contributed by atoms with van der Waals surface area (Å²) < 4.78 is 23.5. The van der Waals surface area contributed by atoms with E-state index in [1.165, 1.54) is 0 Å². The quantitative estimate of drug-likeness (QED) is 0.346. The van der Waals surface area contributed by atoms with Gasteiger partial charge in [-0.2, -0.15) is 5.10 Å². The largest absolute Gasteiger partial charge is 0.444 e. The lowest BCUT2D eigenvalue weighted by atomic mass is 9.79. The van der Waals surface area contributed by atoms with E-state index < -0.39 is 29.6 Å². The van der Waals surface area contributed by atoms with E-state index >= 15 is 4.39 Å². The molecule has 2 amide bonds. The summed E-state index contributed by atoms with van der Waals surface area (Å²) in [5.74, 6) is 0.723. The predicted molar refractivity (Wildman–Crippen MR) is 155 cm³/mol. The molecule has 1 saturated carbocycles. The van der Waals surface area contributed by atoms with Crippen LogP contribution in [0.2, 0.25) is 0 Å². The van der Waals surface area contributed by atoms with Crippen LogP contribution in [0, 0.1) is 17.7 Å². The second-order valence-electron chi connectivity index (χ2n) is 12.7. The molecule has 1 aliphatic heterocycles.